The Morgan fingerprint density at radius 2 is 1.44 bits per heavy atom. The highest BCUT2D eigenvalue weighted by Gasteiger charge is 2.13. The molecular weight excluding hydrogens is 368 g/mol. The van der Waals surface area contributed by atoms with E-state index in [0.717, 1.165) is 10.9 Å². The van der Waals surface area contributed by atoms with Crippen LogP contribution in [0.4, 0.5) is 0 Å². The first kappa shape index (κ1) is 16.1. The molecule has 4 rings (SSSR count). The maximum atomic E-state index is 3.57. The maximum Gasteiger partial charge on any atom is 0.0181 e. The molecule has 0 fully saturated rings. The van der Waals surface area contributed by atoms with Crippen LogP contribution in [0.25, 0.3) is 16.7 Å². The minimum Gasteiger partial charge on any atom is -0.0830 e. The van der Waals surface area contributed by atoms with Gasteiger partial charge < -0.3 is 0 Å². The molecule has 1 atom stereocenters. The van der Waals surface area contributed by atoms with Gasteiger partial charge in [0.15, 0.2) is 0 Å². The summed E-state index contributed by atoms with van der Waals surface area (Å²) in [4.78, 5) is 0. The zero-order chi connectivity index (χ0) is 17.1. The maximum absolute atomic E-state index is 3.57. The number of benzene rings is 3. The lowest BCUT2D eigenvalue weighted by atomic mass is 9.86. The molecule has 0 nitrogen and oxygen atoms in total. The average molecular weight is 387 g/mol. The molecule has 3 aromatic rings. The zero-order valence-electron chi connectivity index (χ0n) is 13.9. The van der Waals surface area contributed by atoms with Crippen molar-refractivity contribution in [2.45, 2.75) is 12.3 Å². The third kappa shape index (κ3) is 3.67. The summed E-state index contributed by atoms with van der Waals surface area (Å²) in [5, 5.41) is 0. The van der Waals surface area contributed by atoms with Crippen LogP contribution >= 0.6 is 15.9 Å². The SMILES string of the molecule is Brc1cccc(-c2cccc(C3C=C(c4ccccc4)C=CC3)c2)c1. The highest BCUT2D eigenvalue weighted by molar-refractivity contribution is 9.10. The molecule has 122 valence electrons. The van der Waals surface area contributed by atoms with Gasteiger partial charge in [-0.3, -0.25) is 0 Å². The van der Waals surface area contributed by atoms with Crippen molar-refractivity contribution in [1.82, 2.24) is 0 Å². The second-order valence-corrected chi connectivity index (χ2v) is 7.28. The summed E-state index contributed by atoms with van der Waals surface area (Å²) in [5.41, 5.74) is 6.48. The smallest absolute Gasteiger partial charge is 0.0181 e. The highest BCUT2D eigenvalue weighted by Crippen LogP contribution is 2.33. The fourth-order valence-electron chi connectivity index (χ4n) is 3.35. The van der Waals surface area contributed by atoms with E-state index in [-0.39, 0.29) is 0 Å². The van der Waals surface area contributed by atoms with Gasteiger partial charge in [0.1, 0.15) is 0 Å². The molecule has 0 N–H and O–H groups in total. The minimum absolute atomic E-state index is 0.423. The van der Waals surface area contributed by atoms with Crippen molar-refractivity contribution in [3.05, 3.63) is 113 Å². The predicted molar refractivity (Wildman–Crippen MR) is 110 cm³/mol. The van der Waals surface area contributed by atoms with E-state index < -0.39 is 0 Å². The summed E-state index contributed by atoms with van der Waals surface area (Å²) >= 11 is 3.57. The van der Waals surface area contributed by atoms with Crippen molar-refractivity contribution in [3.63, 3.8) is 0 Å². The van der Waals surface area contributed by atoms with Crippen molar-refractivity contribution in [2.24, 2.45) is 0 Å². The van der Waals surface area contributed by atoms with Crippen LogP contribution in [0, 0.1) is 0 Å². The highest BCUT2D eigenvalue weighted by atomic mass is 79.9. The van der Waals surface area contributed by atoms with E-state index in [2.05, 4.69) is 113 Å². The fourth-order valence-corrected chi connectivity index (χ4v) is 3.75. The molecule has 0 saturated heterocycles. The molecule has 0 bridgehead atoms. The van der Waals surface area contributed by atoms with E-state index in [1.54, 1.807) is 0 Å². The summed E-state index contributed by atoms with van der Waals surface area (Å²) in [7, 11) is 0. The molecule has 1 aliphatic rings. The van der Waals surface area contributed by atoms with Crippen LogP contribution in [0.5, 0.6) is 0 Å². The summed E-state index contributed by atoms with van der Waals surface area (Å²) in [5.74, 6) is 0.423. The molecule has 25 heavy (non-hydrogen) atoms. The summed E-state index contributed by atoms with van der Waals surface area (Å²) < 4.78 is 1.11. The standard InChI is InChI=1S/C24H19Br/c25-24-14-6-13-23(17-24)22-12-5-11-21(16-22)20-10-4-9-19(15-20)18-7-2-1-3-8-18/h1-9,11-17,20H,10H2. The normalized spacial score (nSPS) is 16.5. The number of hydrogen-bond acceptors (Lipinski definition) is 0. The van der Waals surface area contributed by atoms with Crippen LogP contribution in [0.3, 0.4) is 0 Å². The van der Waals surface area contributed by atoms with Crippen LogP contribution in [-0.2, 0) is 0 Å². The molecule has 3 aromatic carbocycles. The summed E-state index contributed by atoms with van der Waals surface area (Å²) in [6.45, 7) is 0. The number of allylic oxidation sites excluding steroid dienone is 4. The molecule has 0 aliphatic heterocycles. The van der Waals surface area contributed by atoms with E-state index in [1.165, 1.54) is 27.8 Å². The first-order valence-electron chi connectivity index (χ1n) is 8.59. The van der Waals surface area contributed by atoms with Crippen LogP contribution in [0.15, 0.2) is 102 Å². The molecule has 0 spiro atoms. The van der Waals surface area contributed by atoms with Crippen molar-refractivity contribution in [2.75, 3.05) is 0 Å². The van der Waals surface area contributed by atoms with Gasteiger partial charge in [-0.2, -0.15) is 0 Å². The number of rotatable bonds is 3. The van der Waals surface area contributed by atoms with Crippen LogP contribution < -0.4 is 0 Å². The Labute approximate surface area is 157 Å². The quantitative estimate of drug-likeness (QED) is 0.444. The zero-order valence-corrected chi connectivity index (χ0v) is 15.5. The molecule has 0 aromatic heterocycles. The molecule has 0 heterocycles. The Balaban J connectivity index is 1.67. The van der Waals surface area contributed by atoms with Gasteiger partial charge in [0.05, 0.1) is 0 Å². The summed E-state index contributed by atoms with van der Waals surface area (Å²) in [6, 6.07) is 28.0. The molecule has 1 aliphatic carbocycles. The van der Waals surface area contributed by atoms with Crippen LogP contribution in [0.2, 0.25) is 0 Å². The lowest BCUT2D eigenvalue weighted by Crippen LogP contribution is -1.99. The van der Waals surface area contributed by atoms with E-state index in [1.807, 2.05) is 0 Å². The number of hydrogen-bond donors (Lipinski definition) is 0. The monoisotopic (exact) mass is 386 g/mol. The molecule has 1 unspecified atom stereocenters. The second-order valence-electron chi connectivity index (χ2n) is 6.37. The third-order valence-electron chi connectivity index (χ3n) is 4.65. The molecule has 1 heteroatoms. The molecule has 0 saturated carbocycles. The van der Waals surface area contributed by atoms with Crippen molar-refractivity contribution in [3.8, 4) is 11.1 Å². The Bertz CT molecular complexity index is 935. The fraction of sp³-hybridized carbons (Fsp3) is 0.0833. The van der Waals surface area contributed by atoms with Crippen molar-refractivity contribution >= 4 is 21.5 Å². The van der Waals surface area contributed by atoms with E-state index in [4.69, 9.17) is 0 Å². The Hall–Kier alpha value is -2.38. The number of halogens is 1. The van der Waals surface area contributed by atoms with Gasteiger partial charge in [-0.15, -0.1) is 0 Å². The Kier molecular flexibility index (Phi) is 4.67. The first-order valence-corrected chi connectivity index (χ1v) is 9.38. The second kappa shape index (κ2) is 7.25. The minimum atomic E-state index is 0.423. The molecular formula is C24H19Br. The van der Waals surface area contributed by atoms with Gasteiger partial charge in [-0.1, -0.05) is 101 Å². The van der Waals surface area contributed by atoms with E-state index in [0.29, 0.717) is 5.92 Å². The molecule has 0 amide bonds. The van der Waals surface area contributed by atoms with E-state index in [9.17, 15) is 0 Å². The largest absolute Gasteiger partial charge is 0.0830 e. The van der Waals surface area contributed by atoms with Crippen molar-refractivity contribution in [1.29, 1.82) is 0 Å². The van der Waals surface area contributed by atoms with Crippen LogP contribution in [-0.4, -0.2) is 0 Å². The van der Waals surface area contributed by atoms with Gasteiger partial charge in [-0.05, 0) is 46.4 Å². The Morgan fingerprint density at radius 1 is 0.720 bits per heavy atom. The predicted octanol–water partition coefficient (Wildman–Crippen LogP) is 7.24. The molecule has 0 radical (unpaired) electrons. The topological polar surface area (TPSA) is 0 Å². The summed E-state index contributed by atoms with van der Waals surface area (Å²) in [6.07, 6.45) is 7.98. The van der Waals surface area contributed by atoms with Crippen LogP contribution in [0.1, 0.15) is 23.5 Å². The van der Waals surface area contributed by atoms with Gasteiger partial charge in [0.25, 0.3) is 0 Å². The lowest BCUT2D eigenvalue weighted by molar-refractivity contribution is 0.857. The van der Waals surface area contributed by atoms with Gasteiger partial charge in [0, 0.05) is 10.4 Å². The van der Waals surface area contributed by atoms with Gasteiger partial charge in [-0.25, -0.2) is 0 Å². The van der Waals surface area contributed by atoms with Gasteiger partial charge in [0.2, 0.25) is 0 Å². The van der Waals surface area contributed by atoms with E-state index >= 15 is 0 Å². The Morgan fingerprint density at radius 3 is 2.24 bits per heavy atom. The van der Waals surface area contributed by atoms with Gasteiger partial charge >= 0.3 is 0 Å². The first-order chi connectivity index (χ1) is 12.3. The lowest BCUT2D eigenvalue weighted by Gasteiger charge is -2.18. The van der Waals surface area contributed by atoms with Crippen molar-refractivity contribution < 1.29 is 0 Å². The third-order valence-corrected chi connectivity index (χ3v) is 5.14. The average Bonchev–Trinajstić information content (AvgIpc) is 2.69.